The minimum Gasteiger partial charge on any atom is -0.478 e. The molecule has 0 fully saturated rings. The van der Waals surface area contributed by atoms with Gasteiger partial charge in [0.05, 0.1) is 13.2 Å². The third-order valence-corrected chi connectivity index (χ3v) is 5.04. The van der Waals surface area contributed by atoms with Gasteiger partial charge in [-0.25, -0.2) is 4.79 Å². The first-order chi connectivity index (χ1) is 10.7. The van der Waals surface area contributed by atoms with Crippen LogP contribution in [-0.2, 0) is 24.1 Å². The van der Waals surface area contributed by atoms with Gasteiger partial charge in [0, 0.05) is 11.1 Å². The van der Waals surface area contributed by atoms with E-state index in [1.807, 2.05) is 0 Å². The van der Waals surface area contributed by atoms with E-state index in [4.69, 9.17) is 14.2 Å². The summed E-state index contributed by atoms with van der Waals surface area (Å²) in [4.78, 5) is 10.8. The van der Waals surface area contributed by atoms with Gasteiger partial charge in [-0.2, -0.15) is 8.78 Å². The largest absolute Gasteiger partial charge is 0.478 e. The number of alkyl halides is 2. The molecule has 1 rings (SSSR count). The zero-order valence-corrected chi connectivity index (χ0v) is 14.0. The molecule has 0 atom stereocenters. The van der Waals surface area contributed by atoms with Gasteiger partial charge in [0.25, 0.3) is 0 Å². The van der Waals surface area contributed by atoms with E-state index in [1.165, 1.54) is 39.0 Å². The molecule has 0 aliphatic carbocycles. The van der Waals surface area contributed by atoms with Crippen LogP contribution >= 0.6 is 7.60 Å². The molecule has 0 aromatic heterocycles. The van der Waals surface area contributed by atoms with Gasteiger partial charge >= 0.3 is 19.2 Å². The van der Waals surface area contributed by atoms with Crippen molar-refractivity contribution < 1.29 is 32.3 Å². The van der Waals surface area contributed by atoms with Crippen LogP contribution in [0.15, 0.2) is 29.8 Å². The Morgan fingerprint density at radius 2 is 1.87 bits per heavy atom. The Morgan fingerprint density at radius 1 is 1.30 bits per heavy atom. The van der Waals surface area contributed by atoms with Crippen molar-refractivity contribution in [1.29, 1.82) is 0 Å². The molecule has 0 aliphatic rings. The summed E-state index contributed by atoms with van der Waals surface area (Å²) in [6.07, 6.45) is 1.24. The molecule has 0 amide bonds. The molecule has 23 heavy (non-hydrogen) atoms. The van der Waals surface area contributed by atoms with Crippen molar-refractivity contribution in [3.8, 4) is 0 Å². The molecular formula is C15H19F2O5P. The molecule has 1 aromatic carbocycles. The molecule has 0 spiro atoms. The van der Waals surface area contributed by atoms with Crippen molar-refractivity contribution in [3.63, 3.8) is 0 Å². The Kier molecular flexibility index (Phi) is 6.62. The summed E-state index contributed by atoms with van der Waals surface area (Å²) in [5, 5.41) is 8.84. The van der Waals surface area contributed by atoms with Crippen LogP contribution < -0.4 is 0 Å². The number of hydrogen-bond donors (Lipinski definition) is 1. The Balaban J connectivity index is 3.30. The molecule has 1 aromatic rings. The fourth-order valence-corrected chi connectivity index (χ4v) is 3.36. The van der Waals surface area contributed by atoms with Crippen LogP contribution in [0.3, 0.4) is 0 Å². The number of carboxylic acid groups (broad SMARTS) is 1. The number of hydrogen-bond acceptors (Lipinski definition) is 4. The predicted molar refractivity (Wildman–Crippen MR) is 82.5 cm³/mol. The Morgan fingerprint density at radius 3 is 2.35 bits per heavy atom. The normalized spacial score (nSPS) is 13.2. The van der Waals surface area contributed by atoms with E-state index >= 15 is 0 Å². The maximum Gasteiger partial charge on any atom is 0.404 e. The molecular weight excluding hydrogens is 329 g/mol. The molecule has 5 nitrogen and oxygen atoms in total. The van der Waals surface area contributed by atoms with Crippen LogP contribution in [0, 0.1) is 0 Å². The van der Waals surface area contributed by atoms with E-state index in [0.717, 1.165) is 12.1 Å². The zero-order chi connectivity index (χ0) is 17.7. The fourth-order valence-electron chi connectivity index (χ4n) is 1.82. The molecule has 128 valence electrons. The van der Waals surface area contributed by atoms with E-state index in [9.17, 15) is 18.1 Å². The van der Waals surface area contributed by atoms with Crippen LogP contribution in [0.5, 0.6) is 0 Å². The van der Waals surface area contributed by atoms with Gasteiger partial charge < -0.3 is 14.2 Å². The van der Waals surface area contributed by atoms with E-state index in [1.54, 1.807) is 0 Å². The number of aliphatic carboxylic acids is 1. The first-order valence-electron chi connectivity index (χ1n) is 6.97. The average Bonchev–Trinajstić information content (AvgIpc) is 2.47. The molecule has 8 heteroatoms. The second-order valence-corrected chi connectivity index (χ2v) is 6.71. The van der Waals surface area contributed by atoms with Crippen molar-refractivity contribution in [1.82, 2.24) is 0 Å². The van der Waals surface area contributed by atoms with Gasteiger partial charge in [-0.05, 0) is 38.5 Å². The number of carboxylic acids is 1. The third kappa shape index (κ3) is 4.47. The second-order valence-electron chi connectivity index (χ2n) is 4.63. The molecule has 0 bridgehead atoms. The van der Waals surface area contributed by atoms with Gasteiger partial charge in [0.15, 0.2) is 0 Å². The van der Waals surface area contributed by atoms with Crippen molar-refractivity contribution in [2.75, 3.05) is 13.2 Å². The summed E-state index contributed by atoms with van der Waals surface area (Å²) in [6, 6.07) is 4.96. The SMILES string of the molecule is CCOP(=O)(OCC)C(F)(F)c1cccc(/C=C(\C)C(=O)O)c1. The van der Waals surface area contributed by atoms with Crippen LogP contribution in [0.4, 0.5) is 8.78 Å². The highest BCUT2D eigenvalue weighted by Gasteiger charge is 2.54. The maximum atomic E-state index is 14.6. The first kappa shape index (κ1) is 19.5. The van der Waals surface area contributed by atoms with Gasteiger partial charge in [-0.3, -0.25) is 4.57 Å². The summed E-state index contributed by atoms with van der Waals surface area (Å²) in [5.74, 6) is -1.16. The van der Waals surface area contributed by atoms with Crippen LogP contribution in [-0.4, -0.2) is 24.3 Å². The smallest absolute Gasteiger partial charge is 0.404 e. The molecule has 0 heterocycles. The quantitative estimate of drug-likeness (QED) is 0.553. The lowest BCUT2D eigenvalue weighted by atomic mass is 10.1. The van der Waals surface area contributed by atoms with Gasteiger partial charge in [-0.15, -0.1) is 0 Å². The molecule has 0 radical (unpaired) electrons. The molecule has 1 N–H and O–H groups in total. The van der Waals surface area contributed by atoms with Gasteiger partial charge in [-0.1, -0.05) is 18.2 Å². The van der Waals surface area contributed by atoms with E-state index in [-0.39, 0.29) is 24.4 Å². The highest BCUT2D eigenvalue weighted by atomic mass is 31.2. The highest BCUT2D eigenvalue weighted by molar-refractivity contribution is 7.54. The summed E-state index contributed by atoms with van der Waals surface area (Å²) in [6.45, 7) is 3.85. The van der Waals surface area contributed by atoms with Crippen molar-refractivity contribution in [2.24, 2.45) is 0 Å². The monoisotopic (exact) mass is 348 g/mol. The summed E-state index contributed by atoms with van der Waals surface area (Å²) in [7, 11) is -4.69. The van der Waals surface area contributed by atoms with Crippen molar-refractivity contribution >= 4 is 19.6 Å². The number of benzene rings is 1. The summed E-state index contributed by atoms with van der Waals surface area (Å²) < 4.78 is 51.0. The van der Waals surface area contributed by atoms with Crippen LogP contribution in [0.1, 0.15) is 31.9 Å². The minimum absolute atomic E-state index is 0.0109. The van der Waals surface area contributed by atoms with Crippen molar-refractivity contribution in [2.45, 2.75) is 26.4 Å². The topological polar surface area (TPSA) is 72.8 Å². The Bertz CT molecular complexity index is 633. The molecule has 0 saturated heterocycles. The van der Waals surface area contributed by atoms with Crippen LogP contribution in [0.25, 0.3) is 6.08 Å². The van der Waals surface area contributed by atoms with E-state index in [2.05, 4.69) is 0 Å². The number of carbonyl (C=O) groups is 1. The maximum absolute atomic E-state index is 14.6. The summed E-state index contributed by atoms with van der Waals surface area (Å²) >= 11 is 0. The zero-order valence-electron chi connectivity index (χ0n) is 13.1. The lowest BCUT2D eigenvalue weighted by Crippen LogP contribution is -2.18. The summed E-state index contributed by atoms with van der Waals surface area (Å²) in [5.41, 5.74) is -4.17. The lowest BCUT2D eigenvalue weighted by Gasteiger charge is -2.26. The number of halogens is 2. The third-order valence-electron chi connectivity index (χ3n) is 2.90. The van der Waals surface area contributed by atoms with Crippen LogP contribution in [0.2, 0.25) is 0 Å². The van der Waals surface area contributed by atoms with E-state index < -0.39 is 24.8 Å². The molecule has 0 unspecified atom stereocenters. The molecule has 0 saturated carbocycles. The predicted octanol–water partition coefficient (Wildman–Crippen LogP) is 4.49. The minimum atomic E-state index is -4.69. The van der Waals surface area contributed by atoms with Gasteiger partial charge in [0.1, 0.15) is 0 Å². The number of rotatable bonds is 8. The van der Waals surface area contributed by atoms with E-state index in [0.29, 0.717) is 0 Å². The highest BCUT2D eigenvalue weighted by Crippen LogP contribution is 2.66. The van der Waals surface area contributed by atoms with Gasteiger partial charge in [0.2, 0.25) is 0 Å². The standard InChI is InChI=1S/C15H19F2O5P/c1-4-21-23(20,22-5-2)15(16,17)13-8-6-7-12(10-13)9-11(3)14(18)19/h6-10H,4-5H2,1-3H3,(H,18,19)/b11-9+. The fraction of sp³-hybridized carbons (Fsp3) is 0.400. The first-order valence-corrected chi connectivity index (χ1v) is 8.51. The van der Waals surface area contributed by atoms with Crippen molar-refractivity contribution in [3.05, 3.63) is 41.0 Å². The molecule has 0 aliphatic heterocycles. The Hall–Kier alpha value is -1.56. The Labute approximate surface area is 133 Å². The lowest BCUT2D eigenvalue weighted by molar-refractivity contribution is -0.132. The second kappa shape index (κ2) is 7.81. The average molecular weight is 348 g/mol.